The second-order valence-electron chi connectivity index (χ2n) is 9.36. The fourth-order valence-corrected chi connectivity index (χ4v) is 5.59. The van der Waals surface area contributed by atoms with Crippen molar-refractivity contribution in [3.05, 3.63) is 58.7 Å². The van der Waals surface area contributed by atoms with Gasteiger partial charge in [0.1, 0.15) is 0 Å². The number of methoxy groups -OCH3 is 2. The van der Waals surface area contributed by atoms with E-state index in [1.807, 2.05) is 35.2 Å². The number of hydrogen-bond acceptors (Lipinski definition) is 5. The van der Waals surface area contributed by atoms with E-state index >= 15 is 0 Å². The summed E-state index contributed by atoms with van der Waals surface area (Å²) in [5, 5.41) is 2.74. The molecule has 4 rings (SSSR count). The van der Waals surface area contributed by atoms with E-state index in [-0.39, 0.29) is 11.9 Å². The van der Waals surface area contributed by atoms with Crippen molar-refractivity contribution in [3.8, 4) is 11.5 Å². The van der Waals surface area contributed by atoms with Crippen molar-refractivity contribution in [3.63, 3.8) is 0 Å². The number of benzene rings is 2. The number of amides is 2. The van der Waals surface area contributed by atoms with E-state index in [1.165, 1.54) is 11.1 Å². The molecule has 2 heterocycles. The summed E-state index contributed by atoms with van der Waals surface area (Å²) in [4.78, 5) is 28.9. The van der Waals surface area contributed by atoms with Gasteiger partial charge in [-0.1, -0.05) is 25.1 Å². The predicted molar refractivity (Wildman–Crippen MR) is 136 cm³/mol. The number of carbonyl (C=O) groups excluding carboxylic acids is 2. The second-order valence-corrected chi connectivity index (χ2v) is 9.36. The standard InChI is InChI=1S/C28H37N3O4/c1-4-30-15-12-20(13-16-30)22-7-5-8-23-24(22)18-31(28(23)33)25(9-6-14-29-19-32)21-10-11-26(34-2)27(17-21)35-3/h5,7-8,10-11,17,19-20,25H,4,6,9,12-16,18H2,1-3H3,(H,29,32)/t25-/m1/s1. The molecule has 0 radical (unpaired) electrons. The van der Waals surface area contributed by atoms with Crippen LogP contribution in [0.3, 0.4) is 0 Å². The number of piperidine rings is 1. The average molecular weight is 480 g/mol. The van der Waals surface area contributed by atoms with Crippen LogP contribution in [0.5, 0.6) is 11.5 Å². The minimum Gasteiger partial charge on any atom is -0.493 e. The first-order valence-corrected chi connectivity index (χ1v) is 12.6. The summed E-state index contributed by atoms with van der Waals surface area (Å²) in [6.07, 6.45) is 4.49. The van der Waals surface area contributed by atoms with Crippen LogP contribution in [0, 0.1) is 0 Å². The van der Waals surface area contributed by atoms with Gasteiger partial charge in [-0.2, -0.15) is 0 Å². The molecule has 1 N–H and O–H groups in total. The van der Waals surface area contributed by atoms with Crippen LogP contribution >= 0.6 is 0 Å². The van der Waals surface area contributed by atoms with Gasteiger partial charge in [-0.3, -0.25) is 9.59 Å². The highest BCUT2D eigenvalue weighted by Gasteiger charge is 2.36. The van der Waals surface area contributed by atoms with E-state index in [2.05, 4.69) is 23.2 Å². The van der Waals surface area contributed by atoms with Crippen LogP contribution in [-0.4, -0.2) is 62.5 Å². The van der Waals surface area contributed by atoms with Crippen molar-refractivity contribution >= 4 is 12.3 Å². The topological polar surface area (TPSA) is 71.1 Å². The van der Waals surface area contributed by atoms with Crippen LogP contribution in [-0.2, 0) is 11.3 Å². The Morgan fingerprint density at radius 1 is 1.11 bits per heavy atom. The monoisotopic (exact) mass is 479 g/mol. The van der Waals surface area contributed by atoms with Gasteiger partial charge in [0.2, 0.25) is 6.41 Å². The number of likely N-dealkylation sites (tertiary alicyclic amines) is 1. The fraction of sp³-hybridized carbons (Fsp3) is 0.500. The highest BCUT2D eigenvalue weighted by Crippen LogP contribution is 2.41. The van der Waals surface area contributed by atoms with Crippen molar-refractivity contribution in [1.82, 2.24) is 15.1 Å². The largest absolute Gasteiger partial charge is 0.493 e. The molecule has 1 atom stereocenters. The molecule has 1 fully saturated rings. The molecule has 1 saturated heterocycles. The first-order valence-electron chi connectivity index (χ1n) is 12.6. The number of carbonyl (C=O) groups is 2. The first-order chi connectivity index (χ1) is 17.1. The number of hydrogen-bond donors (Lipinski definition) is 1. The number of nitrogens with one attached hydrogen (secondary N) is 1. The van der Waals surface area contributed by atoms with E-state index in [0.29, 0.717) is 30.5 Å². The summed E-state index contributed by atoms with van der Waals surface area (Å²) in [5.41, 5.74) is 4.36. The number of rotatable bonds is 11. The van der Waals surface area contributed by atoms with Crippen LogP contribution < -0.4 is 14.8 Å². The van der Waals surface area contributed by atoms with Gasteiger partial charge in [-0.25, -0.2) is 0 Å². The van der Waals surface area contributed by atoms with Gasteiger partial charge in [-0.15, -0.1) is 0 Å². The Morgan fingerprint density at radius 3 is 2.57 bits per heavy atom. The molecule has 0 bridgehead atoms. The maximum absolute atomic E-state index is 13.7. The van der Waals surface area contributed by atoms with Gasteiger partial charge >= 0.3 is 0 Å². The Bertz CT molecular complexity index is 1030. The van der Waals surface area contributed by atoms with E-state index in [4.69, 9.17) is 9.47 Å². The maximum atomic E-state index is 13.7. The molecule has 35 heavy (non-hydrogen) atoms. The smallest absolute Gasteiger partial charge is 0.255 e. The zero-order chi connectivity index (χ0) is 24.8. The SMILES string of the molecule is CCN1CCC(c2cccc3c2CN([C@H](CCCNC=O)c2ccc(OC)c(OC)c2)C3=O)CC1. The van der Waals surface area contributed by atoms with Crippen LogP contribution in [0.4, 0.5) is 0 Å². The zero-order valence-corrected chi connectivity index (χ0v) is 21.1. The van der Waals surface area contributed by atoms with Crippen molar-refractivity contribution in [1.29, 1.82) is 0 Å². The van der Waals surface area contributed by atoms with Crippen molar-refractivity contribution < 1.29 is 19.1 Å². The molecule has 0 aromatic heterocycles. The quantitative estimate of drug-likeness (QED) is 0.388. The molecule has 2 aliphatic heterocycles. The molecule has 0 unspecified atom stereocenters. The van der Waals surface area contributed by atoms with Gasteiger partial charge in [0.25, 0.3) is 5.91 Å². The third-order valence-corrected chi connectivity index (χ3v) is 7.56. The van der Waals surface area contributed by atoms with Crippen LogP contribution in [0.1, 0.15) is 71.6 Å². The summed E-state index contributed by atoms with van der Waals surface area (Å²) in [5.74, 6) is 1.88. The molecule has 0 aliphatic carbocycles. The average Bonchev–Trinajstić information content (AvgIpc) is 3.24. The molecule has 2 aliphatic rings. The lowest BCUT2D eigenvalue weighted by Gasteiger charge is -2.32. The van der Waals surface area contributed by atoms with Crippen molar-refractivity contribution in [2.75, 3.05) is 40.4 Å². The third kappa shape index (κ3) is 5.30. The van der Waals surface area contributed by atoms with Gasteiger partial charge < -0.3 is 24.6 Å². The summed E-state index contributed by atoms with van der Waals surface area (Å²) in [7, 11) is 3.24. The number of fused-ring (bicyclic) bond motifs is 1. The molecule has 0 spiro atoms. The second kappa shape index (κ2) is 11.6. The fourth-order valence-electron chi connectivity index (χ4n) is 5.59. The lowest BCUT2D eigenvalue weighted by atomic mass is 9.85. The Hall–Kier alpha value is -3.06. The van der Waals surface area contributed by atoms with E-state index in [0.717, 1.165) is 62.9 Å². The maximum Gasteiger partial charge on any atom is 0.255 e. The number of ether oxygens (including phenoxy) is 2. The third-order valence-electron chi connectivity index (χ3n) is 7.56. The van der Waals surface area contributed by atoms with Gasteiger partial charge in [-0.05, 0) is 86.1 Å². The Morgan fingerprint density at radius 2 is 1.89 bits per heavy atom. The summed E-state index contributed by atoms with van der Waals surface area (Å²) in [6, 6.07) is 12.0. The highest BCUT2D eigenvalue weighted by atomic mass is 16.5. The Kier molecular flexibility index (Phi) is 8.29. The normalized spacial score (nSPS) is 17.2. The first kappa shape index (κ1) is 25.0. The van der Waals surface area contributed by atoms with Gasteiger partial charge in [0, 0.05) is 18.7 Å². The van der Waals surface area contributed by atoms with Crippen LogP contribution in [0.2, 0.25) is 0 Å². The van der Waals surface area contributed by atoms with E-state index < -0.39 is 0 Å². The van der Waals surface area contributed by atoms with Crippen LogP contribution in [0.15, 0.2) is 36.4 Å². The molecule has 7 heteroatoms. The molecule has 2 amide bonds. The summed E-state index contributed by atoms with van der Waals surface area (Å²) >= 11 is 0. The summed E-state index contributed by atoms with van der Waals surface area (Å²) in [6.45, 7) is 6.72. The van der Waals surface area contributed by atoms with Crippen LogP contribution in [0.25, 0.3) is 0 Å². The van der Waals surface area contributed by atoms with Crippen molar-refractivity contribution in [2.24, 2.45) is 0 Å². The number of nitrogens with zero attached hydrogens (tertiary/aromatic N) is 2. The minimum atomic E-state index is -0.127. The predicted octanol–water partition coefficient (Wildman–Crippen LogP) is 4.13. The Labute approximate surface area is 208 Å². The lowest BCUT2D eigenvalue weighted by Crippen LogP contribution is -2.33. The van der Waals surface area contributed by atoms with Crippen molar-refractivity contribution in [2.45, 2.75) is 51.1 Å². The Balaban J connectivity index is 1.62. The molecule has 2 aromatic carbocycles. The van der Waals surface area contributed by atoms with E-state index in [1.54, 1.807) is 14.2 Å². The minimum absolute atomic E-state index is 0.0796. The summed E-state index contributed by atoms with van der Waals surface area (Å²) < 4.78 is 11.0. The lowest BCUT2D eigenvalue weighted by molar-refractivity contribution is -0.109. The molecule has 0 saturated carbocycles. The zero-order valence-electron chi connectivity index (χ0n) is 21.1. The van der Waals surface area contributed by atoms with Gasteiger partial charge in [0.15, 0.2) is 11.5 Å². The molecule has 188 valence electrons. The molecular formula is C28H37N3O4. The van der Waals surface area contributed by atoms with Gasteiger partial charge in [0.05, 0.1) is 20.3 Å². The molecule has 7 nitrogen and oxygen atoms in total. The van der Waals surface area contributed by atoms with E-state index in [9.17, 15) is 9.59 Å². The molecular weight excluding hydrogens is 442 g/mol. The highest BCUT2D eigenvalue weighted by molar-refractivity contribution is 5.99. The molecule has 2 aromatic rings.